The number of hydrogen-bond donors (Lipinski definition) is 1. The van der Waals surface area contributed by atoms with E-state index in [1.807, 2.05) is 0 Å². The van der Waals surface area contributed by atoms with Crippen LogP contribution in [0.25, 0.3) is 0 Å². The van der Waals surface area contributed by atoms with Crippen molar-refractivity contribution in [3.63, 3.8) is 0 Å². The van der Waals surface area contributed by atoms with Crippen molar-refractivity contribution in [2.24, 2.45) is 0 Å². The van der Waals surface area contributed by atoms with Crippen LogP contribution in [0.2, 0.25) is 0 Å². The molecule has 0 saturated heterocycles. The fourth-order valence-corrected chi connectivity index (χ4v) is 1.62. The van der Waals surface area contributed by atoms with Crippen molar-refractivity contribution in [3.8, 4) is 0 Å². The van der Waals surface area contributed by atoms with Gasteiger partial charge in [-0.05, 0) is 17.4 Å². The maximum absolute atomic E-state index is 10.5. The van der Waals surface area contributed by atoms with Gasteiger partial charge in [0.15, 0.2) is 0 Å². The summed E-state index contributed by atoms with van der Waals surface area (Å²) in [5.74, 6) is 0. The van der Waals surface area contributed by atoms with Gasteiger partial charge in [0.05, 0.1) is 4.90 Å². The molecule has 0 amide bonds. The van der Waals surface area contributed by atoms with E-state index in [0.29, 0.717) is 0 Å². The Hall–Kier alpha value is 2.56. The zero-order valence-electron chi connectivity index (χ0n) is 8.56. The van der Waals surface area contributed by atoms with Crippen LogP contribution in [0.15, 0.2) is 29.2 Å². The Kier molecular flexibility index (Phi) is 14.9. The number of hydrogen-bond acceptors (Lipinski definition) is 2. The molecular weight excluding hydrogens is 252 g/mol. The molecule has 3 radical (unpaired) electrons. The first-order chi connectivity index (χ1) is 5.00. The van der Waals surface area contributed by atoms with Gasteiger partial charge >= 0.3 is 0 Å². The molecule has 1 N–H and O–H groups in total. The van der Waals surface area contributed by atoms with Crippen LogP contribution in [0, 0.1) is 0 Å². The van der Waals surface area contributed by atoms with Crippen LogP contribution in [0.1, 0.15) is 0 Å². The van der Waals surface area contributed by atoms with Crippen molar-refractivity contribution in [2.75, 3.05) is 0 Å². The van der Waals surface area contributed by atoms with Gasteiger partial charge in [-0.15, -0.1) is 9.24 Å². The third-order valence-electron chi connectivity index (χ3n) is 1.16. The molecule has 0 aliphatic rings. The van der Waals surface area contributed by atoms with E-state index in [9.17, 15) is 8.42 Å². The minimum atomic E-state index is -4.04. The summed E-state index contributed by atoms with van der Waals surface area (Å²) < 4.78 is 29.6. The molecule has 0 aromatic heterocycles. The van der Waals surface area contributed by atoms with E-state index in [-0.39, 0.29) is 93.6 Å². The van der Waals surface area contributed by atoms with Crippen LogP contribution in [-0.4, -0.2) is 102 Å². The zero-order valence-corrected chi connectivity index (χ0v) is 16.5. The summed E-state index contributed by atoms with van der Waals surface area (Å²) in [5.41, 5.74) is 0. The fourth-order valence-electron chi connectivity index (χ4n) is 0.675. The van der Waals surface area contributed by atoms with Gasteiger partial charge in [0.2, 0.25) is 0 Å². The molecular formula is C6H7Na3O3PS. The van der Waals surface area contributed by atoms with Crippen molar-refractivity contribution < 1.29 is 13.0 Å². The smallest absolute Gasteiger partial charge is 0.282 e. The average molecular weight is 259 g/mol. The number of rotatable bonds is 1. The Morgan fingerprint density at radius 2 is 1.64 bits per heavy atom. The van der Waals surface area contributed by atoms with E-state index >= 15 is 0 Å². The van der Waals surface area contributed by atoms with E-state index in [0.717, 1.165) is 5.30 Å². The van der Waals surface area contributed by atoms with Gasteiger partial charge in [-0.3, -0.25) is 4.55 Å². The molecule has 0 fully saturated rings. The topological polar surface area (TPSA) is 54.4 Å². The minimum absolute atomic E-state index is 0. The van der Waals surface area contributed by atoms with Gasteiger partial charge < -0.3 is 0 Å². The second-order valence-electron chi connectivity index (χ2n) is 2.05. The third-order valence-corrected chi connectivity index (χ3v) is 2.36. The normalized spacial score (nSPS) is 9.00. The second-order valence-corrected chi connectivity index (χ2v) is 4.14. The molecule has 3 nitrogen and oxygen atoms in total. The van der Waals surface area contributed by atoms with Gasteiger partial charge in [-0.25, -0.2) is 0 Å². The largest absolute Gasteiger partial charge is 0.294 e. The standard InChI is InChI=1S/C6H7O3PS.3Na/c7-11(8,9)6-3-1-2-5(10)4-6;;;/h1-4H,10H2,(H,7,8,9);;;. The van der Waals surface area contributed by atoms with E-state index < -0.39 is 10.1 Å². The molecule has 0 spiro atoms. The van der Waals surface area contributed by atoms with Crippen LogP contribution >= 0.6 is 9.24 Å². The first-order valence-corrected chi connectivity index (χ1v) is 4.85. The van der Waals surface area contributed by atoms with Crippen molar-refractivity contribution >= 4 is 113 Å². The molecule has 0 aliphatic carbocycles. The van der Waals surface area contributed by atoms with Crippen molar-refractivity contribution in [3.05, 3.63) is 24.3 Å². The molecule has 0 saturated carbocycles. The van der Waals surface area contributed by atoms with E-state index in [4.69, 9.17) is 4.55 Å². The van der Waals surface area contributed by atoms with Gasteiger partial charge in [0, 0.05) is 88.7 Å². The monoisotopic (exact) mass is 259 g/mol. The van der Waals surface area contributed by atoms with Gasteiger partial charge in [0.25, 0.3) is 10.1 Å². The molecule has 1 aromatic carbocycles. The average Bonchev–Trinajstić information content (AvgIpc) is 1.86. The number of benzene rings is 1. The Morgan fingerprint density at radius 3 is 1.93 bits per heavy atom. The van der Waals surface area contributed by atoms with Crippen molar-refractivity contribution in [1.82, 2.24) is 0 Å². The summed E-state index contributed by atoms with van der Waals surface area (Å²) in [5, 5.41) is 0.722. The Bertz CT molecular complexity index is 368. The molecule has 63 valence electrons. The molecule has 0 bridgehead atoms. The van der Waals surface area contributed by atoms with Gasteiger partial charge in [0.1, 0.15) is 0 Å². The molecule has 0 heterocycles. The fraction of sp³-hybridized carbons (Fsp3) is 0. The van der Waals surface area contributed by atoms with Crippen LogP contribution < -0.4 is 5.30 Å². The Balaban J connectivity index is -0.000000403. The maximum Gasteiger partial charge on any atom is 0.294 e. The quantitative estimate of drug-likeness (QED) is 0.412. The summed E-state index contributed by atoms with van der Waals surface area (Å²) >= 11 is 0. The summed E-state index contributed by atoms with van der Waals surface area (Å²) in [4.78, 5) is -0.0787. The Labute approximate surface area is 153 Å². The first-order valence-electron chi connectivity index (χ1n) is 2.83. The molecule has 0 aliphatic heterocycles. The predicted molar refractivity (Wildman–Crippen MR) is 62.9 cm³/mol. The molecule has 1 atom stereocenters. The van der Waals surface area contributed by atoms with Gasteiger partial charge in [-0.1, -0.05) is 12.1 Å². The zero-order chi connectivity index (χ0) is 8.48. The van der Waals surface area contributed by atoms with E-state index in [1.54, 1.807) is 12.1 Å². The molecule has 1 aromatic rings. The summed E-state index contributed by atoms with van der Waals surface area (Å²) in [6.07, 6.45) is 0. The molecule has 1 rings (SSSR count). The Morgan fingerprint density at radius 1 is 1.14 bits per heavy atom. The van der Waals surface area contributed by atoms with Crippen LogP contribution in [0.4, 0.5) is 0 Å². The van der Waals surface area contributed by atoms with Crippen LogP contribution in [0.5, 0.6) is 0 Å². The molecule has 14 heavy (non-hydrogen) atoms. The molecule has 1 unspecified atom stereocenters. The van der Waals surface area contributed by atoms with Crippen LogP contribution in [-0.2, 0) is 10.1 Å². The predicted octanol–water partition coefficient (Wildman–Crippen LogP) is -0.709. The summed E-state index contributed by atoms with van der Waals surface area (Å²) in [6.45, 7) is 0. The van der Waals surface area contributed by atoms with E-state index in [2.05, 4.69) is 9.24 Å². The van der Waals surface area contributed by atoms with E-state index in [1.165, 1.54) is 12.1 Å². The van der Waals surface area contributed by atoms with Crippen molar-refractivity contribution in [1.29, 1.82) is 0 Å². The maximum atomic E-state index is 10.5. The van der Waals surface area contributed by atoms with Crippen molar-refractivity contribution in [2.45, 2.75) is 4.90 Å². The summed E-state index contributed by atoms with van der Waals surface area (Å²) in [7, 11) is -1.69. The van der Waals surface area contributed by atoms with Gasteiger partial charge in [-0.2, -0.15) is 8.42 Å². The third kappa shape index (κ3) is 7.77. The SMILES string of the molecule is O=S(=O)(O)c1cccc(P)c1.[Na].[Na].[Na]. The summed E-state index contributed by atoms with van der Waals surface area (Å²) in [6, 6.07) is 5.99. The molecule has 8 heteroatoms. The first kappa shape index (κ1) is 21.8. The van der Waals surface area contributed by atoms with Crippen LogP contribution in [0.3, 0.4) is 0 Å². The minimum Gasteiger partial charge on any atom is -0.282 e. The second kappa shape index (κ2) is 9.58.